The second-order valence-electron chi connectivity index (χ2n) is 6.80. The summed E-state index contributed by atoms with van der Waals surface area (Å²) in [5.41, 5.74) is 2.36. The molecule has 0 aliphatic rings. The Morgan fingerprint density at radius 3 is 2.39 bits per heavy atom. The lowest BCUT2D eigenvalue weighted by Gasteiger charge is -2.14. The van der Waals surface area contributed by atoms with E-state index in [2.05, 4.69) is 0 Å². The van der Waals surface area contributed by atoms with Crippen LogP contribution in [0.5, 0.6) is 5.75 Å². The van der Waals surface area contributed by atoms with Crippen molar-refractivity contribution < 1.29 is 19.6 Å². The van der Waals surface area contributed by atoms with Crippen LogP contribution in [-0.4, -0.2) is 15.1 Å². The Morgan fingerprint density at radius 1 is 1.21 bits per heavy atom. The maximum Gasteiger partial charge on any atom is 0.342 e. The number of aliphatic hydroxyl groups is 1. The van der Waals surface area contributed by atoms with Crippen LogP contribution in [0.25, 0.3) is 6.08 Å². The summed E-state index contributed by atoms with van der Waals surface area (Å²) in [6, 6.07) is 6.20. The van der Waals surface area contributed by atoms with E-state index in [1.807, 2.05) is 26.0 Å². The Kier molecular flexibility index (Phi) is 6.53. The summed E-state index contributed by atoms with van der Waals surface area (Å²) >= 11 is 0. The first kappa shape index (κ1) is 21.1. The molecule has 0 aliphatic heterocycles. The van der Waals surface area contributed by atoms with Crippen molar-refractivity contribution in [3.05, 3.63) is 84.5 Å². The van der Waals surface area contributed by atoms with Gasteiger partial charge in [-0.1, -0.05) is 23.3 Å². The number of aromatic hydroxyl groups is 1. The van der Waals surface area contributed by atoms with Crippen molar-refractivity contribution in [2.75, 3.05) is 0 Å². The smallest absolute Gasteiger partial charge is 0.342 e. The fraction of sp³-hybridized carbons (Fsp3) is 0.286. The Hall–Kier alpha value is -3.19. The van der Waals surface area contributed by atoms with Crippen molar-refractivity contribution in [3.63, 3.8) is 0 Å². The molecule has 1 atom stereocenters. The third kappa shape index (κ3) is 4.95. The Labute approximate surface area is 162 Å². The normalized spacial score (nSPS) is 13.5. The molecule has 7 nitrogen and oxygen atoms in total. The summed E-state index contributed by atoms with van der Waals surface area (Å²) in [4.78, 5) is 22.0. The number of benzene rings is 1. The summed E-state index contributed by atoms with van der Waals surface area (Å²) in [6.07, 6.45) is 2.88. The minimum atomic E-state index is -1.07. The first-order chi connectivity index (χ1) is 13.1. The van der Waals surface area contributed by atoms with Crippen LogP contribution in [0, 0.1) is 24.0 Å². The lowest BCUT2D eigenvalue weighted by molar-refractivity contribution is -0.384. The minimum absolute atomic E-state index is 0.0304. The maximum atomic E-state index is 11.7. The fourth-order valence-corrected chi connectivity index (χ4v) is 2.91. The van der Waals surface area contributed by atoms with E-state index >= 15 is 0 Å². The van der Waals surface area contributed by atoms with Crippen LogP contribution in [0.3, 0.4) is 0 Å². The van der Waals surface area contributed by atoms with Crippen LogP contribution in [0.4, 0.5) is 5.69 Å². The van der Waals surface area contributed by atoms with E-state index in [4.69, 9.17) is 4.42 Å². The third-order valence-corrected chi connectivity index (χ3v) is 4.38. The van der Waals surface area contributed by atoms with Gasteiger partial charge in [-0.3, -0.25) is 10.1 Å². The lowest BCUT2D eigenvalue weighted by atomic mass is 10.0. The molecule has 1 heterocycles. The number of nitro groups is 1. The van der Waals surface area contributed by atoms with Gasteiger partial charge in [-0.15, -0.1) is 0 Å². The minimum Gasteiger partial charge on any atom is -0.507 e. The van der Waals surface area contributed by atoms with Crippen molar-refractivity contribution in [2.24, 2.45) is 0 Å². The second-order valence-corrected chi connectivity index (χ2v) is 6.80. The largest absolute Gasteiger partial charge is 0.507 e. The molecule has 0 saturated carbocycles. The summed E-state index contributed by atoms with van der Waals surface area (Å²) in [5.74, 6) is -0.112. The van der Waals surface area contributed by atoms with Crippen molar-refractivity contribution in [3.8, 4) is 5.75 Å². The molecule has 0 spiro atoms. The molecule has 2 rings (SSSR count). The van der Waals surface area contributed by atoms with Crippen LogP contribution in [0.2, 0.25) is 0 Å². The van der Waals surface area contributed by atoms with Gasteiger partial charge >= 0.3 is 5.63 Å². The van der Waals surface area contributed by atoms with Crippen LogP contribution >= 0.6 is 0 Å². The number of rotatable bonds is 6. The zero-order valence-electron chi connectivity index (χ0n) is 16.2. The summed E-state index contributed by atoms with van der Waals surface area (Å²) in [7, 11) is 0. The summed E-state index contributed by atoms with van der Waals surface area (Å²) < 4.78 is 5.15. The van der Waals surface area contributed by atoms with E-state index < -0.39 is 16.7 Å². The highest BCUT2D eigenvalue weighted by atomic mass is 16.6. The van der Waals surface area contributed by atoms with Gasteiger partial charge in [0.1, 0.15) is 17.6 Å². The molecule has 0 fully saturated rings. The van der Waals surface area contributed by atoms with E-state index in [0.29, 0.717) is 5.56 Å². The number of allylic oxidation sites excluding steroid dienone is 2. The molecule has 2 N–H and O–H groups in total. The van der Waals surface area contributed by atoms with Gasteiger partial charge in [0, 0.05) is 24.1 Å². The number of aliphatic hydroxyl groups excluding tert-OH is 1. The molecule has 0 radical (unpaired) electrons. The standard InChI is InChI=1S/C21H23NO6/c1-12(10-16-5-7-17(8-6-16)22(26)27)9-13(2)11-18(23)20-14(3)19(24)15(4)21(25)28-20/h5-10,18,23-24H,11H2,1-4H3. The molecule has 0 saturated heterocycles. The molecule has 28 heavy (non-hydrogen) atoms. The molecule has 1 aromatic carbocycles. The highest BCUT2D eigenvalue weighted by molar-refractivity contribution is 5.57. The van der Waals surface area contributed by atoms with Gasteiger partial charge in [0.15, 0.2) is 0 Å². The van der Waals surface area contributed by atoms with Gasteiger partial charge < -0.3 is 14.6 Å². The Bertz CT molecular complexity index is 999. The highest BCUT2D eigenvalue weighted by Gasteiger charge is 2.20. The summed E-state index contributed by atoms with van der Waals surface area (Å²) in [6.45, 7) is 6.75. The van der Waals surface area contributed by atoms with E-state index in [1.54, 1.807) is 19.1 Å². The average molecular weight is 385 g/mol. The van der Waals surface area contributed by atoms with Gasteiger partial charge in [0.25, 0.3) is 5.69 Å². The topological polar surface area (TPSA) is 114 Å². The number of non-ortho nitro benzene ring substituents is 1. The quantitative estimate of drug-likeness (QED) is 0.434. The predicted octanol–water partition coefficient (Wildman–Crippen LogP) is 4.34. The van der Waals surface area contributed by atoms with Crippen molar-refractivity contribution in [1.82, 2.24) is 0 Å². The highest BCUT2D eigenvalue weighted by Crippen LogP contribution is 2.29. The molecule has 7 heteroatoms. The lowest BCUT2D eigenvalue weighted by Crippen LogP contribution is -2.11. The third-order valence-electron chi connectivity index (χ3n) is 4.38. The number of hydrogen-bond donors (Lipinski definition) is 2. The number of nitro benzene ring substituents is 1. The molecular formula is C21H23NO6. The van der Waals surface area contributed by atoms with Crippen LogP contribution in [0.15, 0.2) is 50.7 Å². The monoisotopic (exact) mass is 385 g/mol. The molecule has 148 valence electrons. The predicted molar refractivity (Wildman–Crippen MR) is 106 cm³/mol. The van der Waals surface area contributed by atoms with Crippen LogP contribution in [-0.2, 0) is 0 Å². The zero-order chi connectivity index (χ0) is 21.0. The van der Waals surface area contributed by atoms with Gasteiger partial charge in [-0.05, 0) is 45.4 Å². The molecule has 0 bridgehead atoms. The zero-order valence-corrected chi connectivity index (χ0v) is 16.2. The number of nitrogens with zero attached hydrogens (tertiary/aromatic N) is 1. The van der Waals surface area contributed by atoms with Gasteiger partial charge in [-0.2, -0.15) is 0 Å². The molecule has 2 aromatic rings. The first-order valence-corrected chi connectivity index (χ1v) is 8.71. The molecule has 0 aliphatic carbocycles. The van der Waals surface area contributed by atoms with E-state index in [1.165, 1.54) is 19.1 Å². The van der Waals surface area contributed by atoms with Crippen LogP contribution < -0.4 is 5.63 Å². The van der Waals surface area contributed by atoms with Gasteiger partial charge in [0.2, 0.25) is 0 Å². The van der Waals surface area contributed by atoms with E-state index in [-0.39, 0.29) is 29.2 Å². The van der Waals surface area contributed by atoms with Crippen molar-refractivity contribution in [1.29, 1.82) is 0 Å². The molecule has 0 amide bonds. The fourth-order valence-electron chi connectivity index (χ4n) is 2.91. The van der Waals surface area contributed by atoms with Gasteiger partial charge in [0.05, 0.1) is 10.5 Å². The average Bonchev–Trinajstić information content (AvgIpc) is 2.62. The summed E-state index contributed by atoms with van der Waals surface area (Å²) in [5, 5.41) is 31.1. The Morgan fingerprint density at radius 2 is 1.82 bits per heavy atom. The van der Waals surface area contributed by atoms with Crippen LogP contribution in [0.1, 0.15) is 48.8 Å². The maximum absolute atomic E-state index is 11.7. The number of hydrogen-bond acceptors (Lipinski definition) is 6. The van der Waals surface area contributed by atoms with Crippen molar-refractivity contribution >= 4 is 11.8 Å². The molecular weight excluding hydrogens is 362 g/mol. The van der Waals surface area contributed by atoms with Gasteiger partial charge in [-0.25, -0.2) is 4.79 Å². The Balaban J connectivity index is 2.17. The SMILES string of the molecule is CC(=Cc1ccc([N+](=O)[O-])cc1)C=C(C)CC(O)c1oc(=O)c(C)c(O)c1C. The second kappa shape index (κ2) is 8.67. The van der Waals surface area contributed by atoms with Crippen molar-refractivity contribution in [2.45, 2.75) is 40.2 Å². The molecule has 1 unspecified atom stereocenters. The molecule has 1 aromatic heterocycles. The van der Waals surface area contributed by atoms with E-state index in [0.717, 1.165) is 16.7 Å². The first-order valence-electron chi connectivity index (χ1n) is 8.71. The van der Waals surface area contributed by atoms with E-state index in [9.17, 15) is 25.1 Å².